The monoisotopic (exact) mass is 204 g/mol. The van der Waals surface area contributed by atoms with Crippen molar-refractivity contribution in [3.8, 4) is 0 Å². The van der Waals surface area contributed by atoms with E-state index in [4.69, 9.17) is 5.73 Å². The van der Waals surface area contributed by atoms with Gasteiger partial charge in [0, 0.05) is 11.8 Å². The van der Waals surface area contributed by atoms with Crippen molar-refractivity contribution in [1.29, 1.82) is 0 Å². The van der Waals surface area contributed by atoms with Crippen molar-refractivity contribution in [2.75, 3.05) is 5.75 Å². The largest absolute Gasteiger partial charge is 0.368 e. The van der Waals surface area contributed by atoms with Crippen molar-refractivity contribution in [3.63, 3.8) is 0 Å². The van der Waals surface area contributed by atoms with E-state index < -0.39 is 0 Å². The zero-order valence-corrected chi connectivity index (χ0v) is 9.65. The van der Waals surface area contributed by atoms with Gasteiger partial charge in [-0.05, 0) is 5.25 Å². The summed E-state index contributed by atoms with van der Waals surface area (Å²) in [5, 5.41) is 3.68. The molecule has 0 heterocycles. The van der Waals surface area contributed by atoms with Crippen LogP contribution >= 0.6 is 11.8 Å². The molecule has 4 heteroatoms. The second kappa shape index (κ2) is 6.27. The molecule has 1 amide bonds. The van der Waals surface area contributed by atoms with Gasteiger partial charge in [-0.1, -0.05) is 27.7 Å². The number of carbonyl (C=O) groups excluding carboxylic acids is 1. The van der Waals surface area contributed by atoms with Crippen molar-refractivity contribution < 1.29 is 4.79 Å². The Morgan fingerprint density at radius 2 is 1.92 bits per heavy atom. The predicted molar refractivity (Wildman–Crippen MR) is 58.8 cm³/mol. The molecule has 1 atom stereocenters. The minimum atomic E-state index is -0.262. The Balaban J connectivity index is 3.88. The van der Waals surface area contributed by atoms with E-state index in [0.717, 1.165) is 5.75 Å². The summed E-state index contributed by atoms with van der Waals surface area (Å²) in [6.07, 6.45) is 0. The molecule has 0 spiro atoms. The number of thioether (sulfide) groups is 1. The van der Waals surface area contributed by atoms with E-state index in [1.54, 1.807) is 11.8 Å². The van der Waals surface area contributed by atoms with Gasteiger partial charge < -0.3 is 11.1 Å². The van der Waals surface area contributed by atoms with Crippen molar-refractivity contribution in [2.24, 2.45) is 5.73 Å². The Morgan fingerprint density at radius 1 is 1.38 bits per heavy atom. The predicted octanol–water partition coefficient (Wildman–Crippen LogP) is 0.980. The molecule has 0 rings (SSSR count). The third-order valence-corrected chi connectivity index (χ3v) is 2.67. The molecule has 0 fully saturated rings. The number of nitrogens with two attached hydrogens (primary N) is 1. The molecule has 0 saturated heterocycles. The fourth-order valence-electron chi connectivity index (χ4n) is 0.903. The van der Waals surface area contributed by atoms with E-state index in [-0.39, 0.29) is 11.9 Å². The van der Waals surface area contributed by atoms with Crippen LogP contribution in [0.25, 0.3) is 0 Å². The molecule has 3 N–H and O–H groups in total. The molecule has 0 bridgehead atoms. The first-order chi connectivity index (χ1) is 5.93. The Hall–Kier alpha value is -0.220. The van der Waals surface area contributed by atoms with Crippen LogP contribution in [0, 0.1) is 0 Å². The van der Waals surface area contributed by atoms with Gasteiger partial charge in [0.25, 0.3) is 0 Å². The average Bonchev–Trinajstić information content (AvgIpc) is 1.96. The molecule has 3 nitrogen and oxygen atoms in total. The second-order valence-electron chi connectivity index (χ2n) is 3.66. The highest BCUT2D eigenvalue weighted by molar-refractivity contribution is 7.99. The van der Waals surface area contributed by atoms with Crippen LogP contribution in [0.4, 0.5) is 0 Å². The first kappa shape index (κ1) is 12.8. The zero-order chi connectivity index (χ0) is 10.4. The molecule has 1 unspecified atom stereocenters. The minimum Gasteiger partial charge on any atom is -0.368 e. The van der Waals surface area contributed by atoms with Gasteiger partial charge in [0.15, 0.2) is 0 Å². The lowest BCUT2D eigenvalue weighted by atomic mass is 10.3. The average molecular weight is 204 g/mol. The number of hydrogen-bond donors (Lipinski definition) is 2. The molecule has 0 aliphatic carbocycles. The van der Waals surface area contributed by atoms with Crippen molar-refractivity contribution in [2.45, 2.75) is 45.0 Å². The minimum absolute atomic E-state index is 0.201. The topological polar surface area (TPSA) is 55.1 Å². The van der Waals surface area contributed by atoms with Crippen LogP contribution < -0.4 is 11.1 Å². The lowest BCUT2D eigenvalue weighted by Crippen LogP contribution is -2.46. The summed E-state index contributed by atoms with van der Waals surface area (Å²) < 4.78 is 0. The standard InChI is InChI=1S/C9H20N2OS/c1-6(2)11-8(9(10)12)5-13-7(3)4/h6-8,11H,5H2,1-4H3,(H2,10,12). The van der Waals surface area contributed by atoms with Gasteiger partial charge in [-0.2, -0.15) is 11.8 Å². The van der Waals surface area contributed by atoms with Crippen LogP contribution in [0.5, 0.6) is 0 Å². The summed E-state index contributed by atoms with van der Waals surface area (Å²) in [5.41, 5.74) is 5.26. The third kappa shape index (κ3) is 6.90. The molecule has 13 heavy (non-hydrogen) atoms. The van der Waals surface area contributed by atoms with Crippen molar-refractivity contribution in [3.05, 3.63) is 0 Å². The molecule has 0 radical (unpaired) electrons. The number of rotatable bonds is 6. The number of nitrogens with one attached hydrogen (secondary N) is 1. The van der Waals surface area contributed by atoms with Gasteiger partial charge in [0.1, 0.15) is 0 Å². The Kier molecular flexibility index (Phi) is 6.16. The third-order valence-electron chi connectivity index (χ3n) is 1.47. The summed E-state index contributed by atoms with van der Waals surface area (Å²) in [4.78, 5) is 11.0. The summed E-state index contributed by atoms with van der Waals surface area (Å²) >= 11 is 1.75. The van der Waals surface area contributed by atoms with E-state index in [9.17, 15) is 4.79 Å². The molecule has 0 aliphatic heterocycles. The lowest BCUT2D eigenvalue weighted by molar-refractivity contribution is -0.119. The van der Waals surface area contributed by atoms with Gasteiger partial charge in [0.2, 0.25) is 5.91 Å². The summed E-state index contributed by atoms with van der Waals surface area (Å²) in [6.45, 7) is 8.24. The fourth-order valence-corrected chi connectivity index (χ4v) is 1.74. The maximum atomic E-state index is 11.0. The Bertz CT molecular complexity index is 160. The van der Waals surface area contributed by atoms with Gasteiger partial charge in [0.05, 0.1) is 6.04 Å². The van der Waals surface area contributed by atoms with E-state index in [0.29, 0.717) is 11.3 Å². The van der Waals surface area contributed by atoms with E-state index in [1.807, 2.05) is 13.8 Å². The summed E-state index contributed by atoms with van der Waals surface area (Å²) in [6, 6.07) is 0.0951. The van der Waals surface area contributed by atoms with Gasteiger partial charge in [-0.25, -0.2) is 0 Å². The molecule has 0 aromatic heterocycles. The highest BCUT2D eigenvalue weighted by Crippen LogP contribution is 2.10. The molecular formula is C9H20N2OS. The highest BCUT2D eigenvalue weighted by Gasteiger charge is 2.16. The molecule has 0 aromatic carbocycles. The van der Waals surface area contributed by atoms with Crippen molar-refractivity contribution >= 4 is 17.7 Å². The Morgan fingerprint density at radius 3 is 2.23 bits per heavy atom. The Labute approximate surface area is 84.8 Å². The highest BCUT2D eigenvalue weighted by atomic mass is 32.2. The SMILES string of the molecule is CC(C)NC(CSC(C)C)C(N)=O. The smallest absolute Gasteiger partial charge is 0.235 e. The normalized spacial score (nSPS) is 13.7. The number of amides is 1. The lowest BCUT2D eigenvalue weighted by Gasteiger charge is -2.18. The van der Waals surface area contributed by atoms with Gasteiger partial charge >= 0.3 is 0 Å². The number of carbonyl (C=O) groups is 1. The summed E-state index contributed by atoms with van der Waals surface area (Å²) in [7, 11) is 0. The van der Waals surface area contributed by atoms with E-state index >= 15 is 0 Å². The first-order valence-corrected chi connectivity index (χ1v) is 5.65. The van der Waals surface area contributed by atoms with Gasteiger partial charge in [-0.15, -0.1) is 0 Å². The summed E-state index contributed by atoms with van der Waals surface area (Å²) in [5.74, 6) is 0.493. The van der Waals surface area contributed by atoms with Crippen LogP contribution in [0.1, 0.15) is 27.7 Å². The second-order valence-corrected chi connectivity index (χ2v) is 5.27. The molecule has 0 aromatic rings. The molecule has 78 valence electrons. The van der Waals surface area contributed by atoms with Crippen molar-refractivity contribution in [1.82, 2.24) is 5.32 Å². The van der Waals surface area contributed by atoms with Crippen LogP contribution in [0.15, 0.2) is 0 Å². The van der Waals surface area contributed by atoms with Crippen LogP contribution in [-0.4, -0.2) is 29.0 Å². The first-order valence-electron chi connectivity index (χ1n) is 4.60. The van der Waals surface area contributed by atoms with Crippen LogP contribution in [-0.2, 0) is 4.79 Å². The zero-order valence-electron chi connectivity index (χ0n) is 8.83. The maximum Gasteiger partial charge on any atom is 0.235 e. The number of primary amides is 1. The van der Waals surface area contributed by atoms with Gasteiger partial charge in [-0.3, -0.25) is 4.79 Å². The van der Waals surface area contributed by atoms with Crippen LogP contribution in [0.2, 0.25) is 0 Å². The fraction of sp³-hybridized carbons (Fsp3) is 0.889. The van der Waals surface area contributed by atoms with E-state index in [2.05, 4.69) is 19.2 Å². The van der Waals surface area contributed by atoms with E-state index in [1.165, 1.54) is 0 Å². The number of hydrogen-bond acceptors (Lipinski definition) is 3. The maximum absolute atomic E-state index is 11.0. The quantitative estimate of drug-likeness (QED) is 0.678. The molecule has 0 saturated carbocycles. The molecular weight excluding hydrogens is 184 g/mol. The van der Waals surface area contributed by atoms with Crippen LogP contribution in [0.3, 0.4) is 0 Å². The molecule has 0 aliphatic rings.